The molecule has 3 aromatic rings. The Morgan fingerprint density at radius 2 is 1.89 bits per heavy atom. The summed E-state index contributed by atoms with van der Waals surface area (Å²) in [5, 5.41) is 6.40. The summed E-state index contributed by atoms with van der Waals surface area (Å²) in [5.41, 5.74) is 0.978. The SMILES string of the molecule is COc1ccc(Nc2nc(C)nc3sccc23)cc1. The summed E-state index contributed by atoms with van der Waals surface area (Å²) in [7, 11) is 1.66. The number of hydrogen-bond donors (Lipinski definition) is 1. The minimum absolute atomic E-state index is 0.769. The van der Waals surface area contributed by atoms with Gasteiger partial charge in [0.05, 0.1) is 12.5 Å². The Hall–Kier alpha value is -2.14. The lowest BCUT2D eigenvalue weighted by Gasteiger charge is -2.08. The first-order chi connectivity index (χ1) is 9.26. The van der Waals surface area contributed by atoms with Crippen LogP contribution in [0.1, 0.15) is 5.82 Å². The fourth-order valence-corrected chi connectivity index (χ4v) is 2.68. The van der Waals surface area contributed by atoms with Crippen molar-refractivity contribution in [3.8, 4) is 5.75 Å². The van der Waals surface area contributed by atoms with E-state index in [1.54, 1.807) is 18.4 Å². The van der Waals surface area contributed by atoms with E-state index < -0.39 is 0 Å². The molecular weight excluding hydrogens is 258 g/mol. The summed E-state index contributed by atoms with van der Waals surface area (Å²) in [6, 6.07) is 9.80. The number of aromatic nitrogens is 2. The van der Waals surface area contributed by atoms with Crippen molar-refractivity contribution in [2.24, 2.45) is 0 Å². The van der Waals surface area contributed by atoms with Crippen molar-refractivity contribution < 1.29 is 4.74 Å². The highest BCUT2D eigenvalue weighted by Gasteiger charge is 2.07. The van der Waals surface area contributed by atoms with E-state index in [2.05, 4.69) is 15.3 Å². The molecule has 0 unspecified atom stereocenters. The molecule has 0 spiro atoms. The van der Waals surface area contributed by atoms with Gasteiger partial charge in [0.25, 0.3) is 0 Å². The second-order valence-corrected chi connectivity index (χ2v) is 5.01. The number of thiophene rings is 1. The molecule has 3 rings (SSSR count). The normalized spacial score (nSPS) is 10.6. The standard InChI is InChI=1S/C14H13N3OS/c1-9-15-13(12-7-8-19-14(12)16-9)17-10-3-5-11(18-2)6-4-10/h3-8H,1-2H3,(H,15,16,17). The lowest BCUT2D eigenvalue weighted by atomic mass is 10.3. The fraction of sp³-hybridized carbons (Fsp3) is 0.143. The molecule has 96 valence electrons. The van der Waals surface area contributed by atoms with Gasteiger partial charge in [0.2, 0.25) is 0 Å². The molecule has 0 aliphatic heterocycles. The van der Waals surface area contributed by atoms with Crippen LogP contribution in [0.2, 0.25) is 0 Å². The molecule has 2 aromatic heterocycles. The number of methoxy groups -OCH3 is 1. The summed E-state index contributed by atoms with van der Waals surface area (Å²) >= 11 is 1.62. The number of fused-ring (bicyclic) bond motifs is 1. The van der Waals surface area contributed by atoms with Crippen LogP contribution in [0.3, 0.4) is 0 Å². The third kappa shape index (κ3) is 2.37. The van der Waals surface area contributed by atoms with Crippen molar-refractivity contribution in [2.45, 2.75) is 6.92 Å². The lowest BCUT2D eigenvalue weighted by Crippen LogP contribution is -1.97. The molecule has 2 heterocycles. The maximum absolute atomic E-state index is 5.14. The molecule has 19 heavy (non-hydrogen) atoms. The van der Waals surface area contributed by atoms with Crippen molar-refractivity contribution in [3.05, 3.63) is 41.5 Å². The second kappa shape index (κ2) is 4.85. The molecule has 0 aliphatic rings. The summed E-state index contributed by atoms with van der Waals surface area (Å²) in [6.07, 6.45) is 0. The Kier molecular flexibility index (Phi) is 3.05. The highest BCUT2D eigenvalue weighted by Crippen LogP contribution is 2.27. The summed E-state index contributed by atoms with van der Waals surface area (Å²) in [4.78, 5) is 9.88. The predicted octanol–water partition coefficient (Wildman–Crippen LogP) is 3.75. The first-order valence-electron chi connectivity index (χ1n) is 5.89. The Labute approximate surface area is 115 Å². The molecule has 4 nitrogen and oxygen atoms in total. The average molecular weight is 271 g/mol. The van der Waals surface area contributed by atoms with Crippen molar-refractivity contribution in [1.29, 1.82) is 0 Å². The first kappa shape index (κ1) is 11.9. The molecule has 0 bridgehead atoms. The van der Waals surface area contributed by atoms with Crippen LogP contribution in [-0.2, 0) is 0 Å². The van der Waals surface area contributed by atoms with Crippen LogP contribution in [0.4, 0.5) is 11.5 Å². The lowest BCUT2D eigenvalue weighted by molar-refractivity contribution is 0.415. The van der Waals surface area contributed by atoms with Crippen LogP contribution >= 0.6 is 11.3 Å². The van der Waals surface area contributed by atoms with E-state index in [9.17, 15) is 0 Å². The summed E-state index contributed by atoms with van der Waals surface area (Å²) < 4.78 is 5.14. The molecule has 0 fully saturated rings. The number of nitrogens with zero attached hydrogens (tertiary/aromatic N) is 2. The molecule has 0 radical (unpaired) electrons. The second-order valence-electron chi connectivity index (χ2n) is 4.11. The van der Waals surface area contributed by atoms with Crippen LogP contribution in [0.15, 0.2) is 35.7 Å². The molecule has 0 saturated carbocycles. The molecular formula is C14H13N3OS. The maximum atomic E-state index is 5.14. The number of aryl methyl sites for hydroxylation is 1. The van der Waals surface area contributed by atoms with Crippen LogP contribution in [0.5, 0.6) is 5.75 Å². The van der Waals surface area contributed by atoms with E-state index in [0.29, 0.717) is 0 Å². The maximum Gasteiger partial charge on any atom is 0.142 e. The third-order valence-corrected chi connectivity index (χ3v) is 3.60. The Bertz CT molecular complexity index is 706. The average Bonchev–Trinajstić information content (AvgIpc) is 2.88. The zero-order valence-corrected chi connectivity index (χ0v) is 11.5. The van der Waals surface area contributed by atoms with Crippen LogP contribution < -0.4 is 10.1 Å². The number of benzene rings is 1. The number of ether oxygens (including phenoxy) is 1. The molecule has 0 saturated heterocycles. The van der Waals surface area contributed by atoms with Gasteiger partial charge in [-0.15, -0.1) is 11.3 Å². The Morgan fingerprint density at radius 3 is 2.63 bits per heavy atom. The topological polar surface area (TPSA) is 47.0 Å². The van der Waals surface area contributed by atoms with Gasteiger partial charge in [-0.1, -0.05) is 0 Å². The molecule has 0 atom stereocenters. The van der Waals surface area contributed by atoms with Gasteiger partial charge in [-0.05, 0) is 42.6 Å². The van der Waals surface area contributed by atoms with Gasteiger partial charge in [-0.2, -0.15) is 0 Å². The van der Waals surface area contributed by atoms with Gasteiger partial charge in [-0.3, -0.25) is 0 Å². The highest BCUT2D eigenvalue weighted by molar-refractivity contribution is 7.16. The van der Waals surface area contributed by atoms with E-state index in [4.69, 9.17) is 4.74 Å². The van der Waals surface area contributed by atoms with Crippen LogP contribution in [-0.4, -0.2) is 17.1 Å². The van der Waals surface area contributed by atoms with E-state index in [-0.39, 0.29) is 0 Å². The van der Waals surface area contributed by atoms with Crippen LogP contribution in [0.25, 0.3) is 10.2 Å². The Balaban J connectivity index is 1.97. The van der Waals surface area contributed by atoms with Crippen molar-refractivity contribution >= 4 is 33.1 Å². The first-order valence-corrected chi connectivity index (χ1v) is 6.77. The van der Waals surface area contributed by atoms with Gasteiger partial charge >= 0.3 is 0 Å². The number of rotatable bonds is 3. The van der Waals surface area contributed by atoms with E-state index in [1.165, 1.54) is 0 Å². The van der Waals surface area contributed by atoms with Gasteiger partial charge in [0.15, 0.2) is 0 Å². The fourth-order valence-electron chi connectivity index (χ4n) is 1.87. The number of anilines is 2. The van der Waals surface area contributed by atoms with Crippen molar-refractivity contribution in [1.82, 2.24) is 9.97 Å². The monoisotopic (exact) mass is 271 g/mol. The minimum Gasteiger partial charge on any atom is -0.497 e. The molecule has 5 heteroatoms. The molecule has 0 amide bonds. The summed E-state index contributed by atoms with van der Waals surface area (Å²) in [5.74, 6) is 2.45. The Morgan fingerprint density at radius 1 is 1.11 bits per heavy atom. The number of nitrogens with one attached hydrogen (secondary N) is 1. The van der Waals surface area contributed by atoms with Gasteiger partial charge < -0.3 is 10.1 Å². The van der Waals surface area contributed by atoms with E-state index in [0.717, 1.165) is 33.3 Å². The predicted molar refractivity (Wildman–Crippen MR) is 78.4 cm³/mol. The quantitative estimate of drug-likeness (QED) is 0.788. The van der Waals surface area contributed by atoms with Crippen molar-refractivity contribution in [2.75, 3.05) is 12.4 Å². The van der Waals surface area contributed by atoms with Gasteiger partial charge in [0, 0.05) is 5.69 Å². The van der Waals surface area contributed by atoms with E-state index >= 15 is 0 Å². The van der Waals surface area contributed by atoms with Gasteiger partial charge in [-0.25, -0.2) is 9.97 Å². The molecule has 1 aromatic carbocycles. The third-order valence-electron chi connectivity index (χ3n) is 2.79. The molecule has 0 aliphatic carbocycles. The van der Waals surface area contributed by atoms with Gasteiger partial charge in [0.1, 0.15) is 22.2 Å². The van der Waals surface area contributed by atoms with Crippen molar-refractivity contribution in [3.63, 3.8) is 0 Å². The van der Waals surface area contributed by atoms with E-state index in [1.807, 2.05) is 42.6 Å². The smallest absolute Gasteiger partial charge is 0.142 e. The minimum atomic E-state index is 0.769. The van der Waals surface area contributed by atoms with Crippen LogP contribution in [0, 0.1) is 6.92 Å². The summed E-state index contributed by atoms with van der Waals surface area (Å²) in [6.45, 7) is 1.90. The number of hydrogen-bond acceptors (Lipinski definition) is 5. The highest BCUT2D eigenvalue weighted by atomic mass is 32.1. The molecule has 1 N–H and O–H groups in total. The zero-order valence-electron chi connectivity index (χ0n) is 10.7. The largest absolute Gasteiger partial charge is 0.497 e. The zero-order chi connectivity index (χ0) is 13.2.